The molecule has 24 heavy (non-hydrogen) atoms. The van der Waals surface area contributed by atoms with Gasteiger partial charge in [-0.15, -0.1) is 0 Å². The van der Waals surface area contributed by atoms with Crippen LogP contribution in [-0.2, 0) is 6.42 Å². The summed E-state index contributed by atoms with van der Waals surface area (Å²) in [6, 6.07) is 13.8. The molecule has 0 N–H and O–H groups in total. The highest BCUT2D eigenvalue weighted by Crippen LogP contribution is 2.36. The summed E-state index contributed by atoms with van der Waals surface area (Å²) in [7, 11) is 4.94. The lowest BCUT2D eigenvalue weighted by molar-refractivity contribution is 0.355. The number of methoxy groups -OCH3 is 3. The van der Waals surface area contributed by atoms with E-state index < -0.39 is 0 Å². The molecule has 124 valence electrons. The van der Waals surface area contributed by atoms with Gasteiger partial charge in [0.05, 0.1) is 44.8 Å². The molecule has 0 saturated heterocycles. The number of benzene rings is 2. The maximum atomic E-state index is 6.14. The van der Waals surface area contributed by atoms with E-state index in [-0.39, 0.29) is 0 Å². The normalized spacial score (nSPS) is 10.7. The SMILES string of the molecule is CCc1[o+]c(-c2ccc(OC)cc2)cc2cc(OC)c(OC)cc12. The fourth-order valence-corrected chi connectivity index (χ4v) is 2.77. The van der Waals surface area contributed by atoms with Gasteiger partial charge in [-0.2, -0.15) is 0 Å². The molecule has 0 unspecified atom stereocenters. The molecular weight excluding hydrogens is 304 g/mol. The van der Waals surface area contributed by atoms with Gasteiger partial charge < -0.3 is 14.2 Å². The number of rotatable bonds is 5. The number of hydrogen-bond donors (Lipinski definition) is 0. The van der Waals surface area contributed by atoms with Gasteiger partial charge in [-0.3, -0.25) is 0 Å². The minimum atomic E-state index is 0.701. The molecule has 0 radical (unpaired) electrons. The maximum absolute atomic E-state index is 6.14. The van der Waals surface area contributed by atoms with Crippen molar-refractivity contribution in [2.45, 2.75) is 13.3 Å². The van der Waals surface area contributed by atoms with E-state index in [1.54, 1.807) is 21.3 Å². The van der Waals surface area contributed by atoms with Gasteiger partial charge in [0.15, 0.2) is 11.5 Å². The Kier molecular flexibility index (Phi) is 4.56. The van der Waals surface area contributed by atoms with Crippen molar-refractivity contribution < 1.29 is 18.6 Å². The molecule has 3 aromatic rings. The molecule has 4 nitrogen and oxygen atoms in total. The molecule has 0 aliphatic carbocycles. The standard InChI is InChI=1S/C20H21O4/c1-5-17-16-12-20(23-4)19(22-3)11-14(16)10-18(24-17)13-6-8-15(21-2)9-7-13/h6-12H,5H2,1-4H3/q+1. The van der Waals surface area contributed by atoms with E-state index in [9.17, 15) is 0 Å². The van der Waals surface area contributed by atoms with Crippen LogP contribution < -0.4 is 14.2 Å². The second-order valence-electron chi connectivity index (χ2n) is 5.41. The van der Waals surface area contributed by atoms with Crippen LogP contribution in [0.25, 0.3) is 22.1 Å². The first kappa shape index (κ1) is 16.1. The topological polar surface area (TPSA) is 39.0 Å². The van der Waals surface area contributed by atoms with Crippen molar-refractivity contribution in [3.8, 4) is 28.6 Å². The van der Waals surface area contributed by atoms with Crippen molar-refractivity contribution in [3.63, 3.8) is 0 Å². The van der Waals surface area contributed by atoms with Crippen molar-refractivity contribution >= 4 is 10.8 Å². The highest BCUT2D eigenvalue weighted by Gasteiger charge is 2.21. The lowest BCUT2D eigenvalue weighted by Crippen LogP contribution is -1.93. The fraction of sp³-hybridized carbons (Fsp3) is 0.250. The zero-order valence-corrected chi connectivity index (χ0v) is 14.4. The minimum absolute atomic E-state index is 0.701. The fourth-order valence-electron chi connectivity index (χ4n) is 2.77. The van der Waals surface area contributed by atoms with Crippen LogP contribution in [0.3, 0.4) is 0 Å². The zero-order valence-electron chi connectivity index (χ0n) is 14.4. The monoisotopic (exact) mass is 325 g/mol. The van der Waals surface area contributed by atoms with Crippen LogP contribution in [0.5, 0.6) is 17.2 Å². The Balaban J connectivity index is 2.19. The van der Waals surface area contributed by atoms with E-state index in [0.29, 0.717) is 11.5 Å². The van der Waals surface area contributed by atoms with E-state index in [1.807, 2.05) is 42.5 Å². The molecule has 1 aromatic heterocycles. The Hall–Kier alpha value is -2.75. The maximum Gasteiger partial charge on any atom is 0.360 e. The van der Waals surface area contributed by atoms with E-state index >= 15 is 0 Å². The predicted molar refractivity (Wildman–Crippen MR) is 95.1 cm³/mol. The van der Waals surface area contributed by atoms with Crippen LogP contribution in [0.4, 0.5) is 0 Å². The summed E-state index contributed by atoms with van der Waals surface area (Å²) < 4.78 is 22.2. The van der Waals surface area contributed by atoms with Gasteiger partial charge >= 0.3 is 11.5 Å². The summed E-state index contributed by atoms with van der Waals surface area (Å²) in [5.74, 6) is 3.96. The Morgan fingerprint density at radius 3 is 2.08 bits per heavy atom. The average molecular weight is 325 g/mol. The highest BCUT2D eigenvalue weighted by atomic mass is 16.5. The largest absolute Gasteiger partial charge is 0.497 e. The van der Waals surface area contributed by atoms with Crippen molar-refractivity contribution in [3.05, 3.63) is 48.2 Å². The third-order valence-corrected chi connectivity index (χ3v) is 4.07. The van der Waals surface area contributed by atoms with Gasteiger partial charge in [-0.05, 0) is 30.3 Å². The van der Waals surface area contributed by atoms with Gasteiger partial charge in [0.1, 0.15) is 5.75 Å². The first-order valence-corrected chi connectivity index (χ1v) is 7.86. The first-order chi connectivity index (χ1) is 11.7. The average Bonchev–Trinajstić information content (AvgIpc) is 2.65. The quantitative estimate of drug-likeness (QED) is 0.621. The summed E-state index contributed by atoms with van der Waals surface area (Å²) in [5.41, 5.74) is 1.00. The number of hydrogen-bond acceptors (Lipinski definition) is 3. The highest BCUT2D eigenvalue weighted by molar-refractivity contribution is 5.89. The number of fused-ring (bicyclic) bond motifs is 1. The summed E-state index contributed by atoms with van der Waals surface area (Å²) in [6.45, 7) is 2.08. The zero-order chi connectivity index (χ0) is 17.1. The second-order valence-corrected chi connectivity index (χ2v) is 5.41. The molecule has 0 aliphatic rings. The summed E-state index contributed by atoms with van der Waals surface area (Å²) >= 11 is 0. The Labute approximate surface area is 141 Å². The van der Waals surface area contributed by atoms with Gasteiger partial charge in [0.2, 0.25) is 0 Å². The van der Waals surface area contributed by atoms with Crippen LogP contribution in [0, 0.1) is 0 Å². The minimum Gasteiger partial charge on any atom is -0.497 e. The van der Waals surface area contributed by atoms with Gasteiger partial charge in [-0.25, -0.2) is 4.42 Å². The van der Waals surface area contributed by atoms with Crippen LogP contribution in [0.15, 0.2) is 46.9 Å². The van der Waals surface area contributed by atoms with Crippen molar-refractivity contribution in [2.24, 2.45) is 0 Å². The van der Waals surface area contributed by atoms with E-state index in [4.69, 9.17) is 18.6 Å². The predicted octanol–water partition coefficient (Wildman–Crippen LogP) is 4.97. The lowest BCUT2D eigenvalue weighted by Gasteiger charge is -2.08. The van der Waals surface area contributed by atoms with Crippen LogP contribution in [-0.4, -0.2) is 21.3 Å². The third-order valence-electron chi connectivity index (χ3n) is 4.07. The number of aryl methyl sites for hydroxylation is 1. The van der Waals surface area contributed by atoms with E-state index in [2.05, 4.69) is 6.92 Å². The Morgan fingerprint density at radius 1 is 0.833 bits per heavy atom. The van der Waals surface area contributed by atoms with Crippen LogP contribution in [0.2, 0.25) is 0 Å². The van der Waals surface area contributed by atoms with Crippen molar-refractivity contribution in [1.82, 2.24) is 0 Å². The molecule has 0 bridgehead atoms. The van der Waals surface area contributed by atoms with Crippen LogP contribution in [0.1, 0.15) is 12.7 Å². The number of ether oxygens (including phenoxy) is 3. The summed E-state index contributed by atoms with van der Waals surface area (Å²) in [5, 5.41) is 2.09. The van der Waals surface area contributed by atoms with E-state index in [0.717, 1.165) is 40.0 Å². The Morgan fingerprint density at radius 2 is 1.50 bits per heavy atom. The van der Waals surface area contributed by atoms with Gasteiger partial charge in [0.25, 0.3) is 0 Å². The molecule has 2 aromatic carbocycles. The molecular formula is C20H21O4+. The summed E-state index contributed by atoms with van der Waals surface area (Å²) in [4.78, 5) is 0. The smallest absolute Gasteiger partial charge is 0.360 e. The Bertz CT molecular complexity index is 854. The molecule has 0 fully saturated rings. The van der Waals surface area contributed by atoms with E-state index in [1.165, 1.54) is 0 Å². The summed E-state index contributed by atoms with van der Waals surface area (Å²) in [6.07, 6.45) is 0.788. The molecule has 0 aliphatic heterocycles. The molecule has 0 spiro atoms. The first-order valence-electron chi connectivity index (χ1n) is 7.86. The van der Waals surface area contributed by atoms with Crippen molar-refractivity contribution in [1.29, 1.82) is 0 Å². The van der Waals surface area contributed by atoms with Gasteiger partial charge in [-0.1, -0.05) is 6.92 Å². The third kappa shape index (κ3) is 2.87. The molecule has 4 heteroatoms. The lowest BCUT2D eigenvalue weighted by atomic mass is 10.0. The molecule has 1 heterocycles. The molecule has 0 atom stereocenters. The van der Waals surface area contributed by atoms with Crippen molar-refractivity contribution in [2.75, 3.05) is 21.3 Å². The second kappa shape index (κ2) is 6.79. The van der Waals surface area contributed by atoms with Gasteiger partial charge in [0, 0.05) is 11.5 Å². The molecule has 3 rings (SSSR count). The molecule has 0 amide bonds. The van der Waals surface area contributed by atoms with Crippen LogP contribution >= 0.6 is 0 Å². The molecule has 0 saturated carbocycles.